The number of carbonyl (C=O) groups is 1. The Labute approximate surface area is 141 Å². The molecule has 0 aliphatic carbocycles. The molecule has 0 saturated carbocycles. The van der Waals surface area contributed by atoms with Crippen LogP contribution < -0.4 is 10.1 Å². The van der Waals surface area contributed by atoms with E-state index in [0.717, 1.165) is 28.4 Å². The minimum absolute atomic E-state index is 0.0668. The fourth-order valence-corrected chi connectivity index (χ4v) is 3.24. The Balaban J connectivity index is 1.97. The van der Waals surface area contributed by atoms with Gasteiger partial charge in [0.25, 0.3) is 0 Å². The van der Waals surface area contributed by atoms with Crippen molar-refractivity contribution in [3.8, 4) is 5.75 Å². The minimum Gasteiger partial charge on any atom is -0.497 e. The maximum absolute atomic E-state index is 12.6. The van der Waals surface area contributed by atoms with Gasteiger partial charge in [-0.3, -0.25) is 4.79 Å². The first-order chi connectivity index (χ1) is 11.0. The molecule has 1 N–H and O–H groups in total. The number of carbonyl (C=O) groups excluding carboxylic acids is 1. The number of ether oxygens (including phenoxy) is 1. The number of aromatic nitrogens is 1. The number of aryl methyl sites for hydroxylation is 1. The average molecular weight is 332 g/mol. The summed E-state index contributed by atoms with van der Waals surface area (Å²) in [6.45, 7) is 6.74. The number of thiazole rings is 1. The van der Waals surface area contributed by atoms with Crippen LogP contribution in [0.25, 0.3) is 0 Å². The normalized spacial score (nSPS) is 12.2. The molecule has 1 heterocycles. The highest BCUT2D eigenvalue weighted by atomic mass is 32.1. The van der Waals surface area contributed by atoms with Crippen LogP contribution in [0.4, 0.5) is 0 Å². The SMILES string of the molecule is COc1ccc(C(C(=O)NCCc2csc(C)n2)C(C)C)cc1. The molecule has 2 aromatic rings. The third kappa shape index (κ3) is 4.79. The first-order valence-electron chi connectivity index (χ1n) is 7.84. The van der Waals surface area contributed by atoms with Gasteiger partial charge < -0.3 is 10.1 Å². The largest absolute Gasteiger partial charge is 0.497 e. The van der Waals surface area contributed by atoms with Crippen molar-refractivity contribution in [2.45, 2.75) is 33.1 Å². The molecule has 0 fully saturated rings. The highest BCUT2D eigenvalue weighted by Gasteiger charge is 2.23. The highest BCUT2D eigenvalue weighted by Crippen LogP contribution is 2.26. The molecular weight excluding hydrogens is 308 g/mol. The Morgan fingerprint density at radius 3 is 2.52 bits per heavy atom. The van der Waals surface area contributed by atoms with E-state index in [1.54, 1.807) is 18.4 Å². The molecule has 1 aromatic carbocycles. The fourth-order valence-electron chi connectivity index (χ4n) is 2.60. The lowest BCUT2D eigenvalue weighted by Crippen LogP contribution is -2.33. The second-order valence-electron chi connectivity index (χ2n) is 5.89. The lowest BCUT2D eigenvalue weighted by Gasteiger charge is -2.21. The van der Waals surface area contributed by atoms with Crippen molar-refractivity contribution in [3.63, 3.8) is 0 Å². The summed E-state index contributed by atoms with van der Waals surface area (Å²) in [6.07, 6.45) is 0.767. The molecule has 0 aliphatic heterocycles. The number of rotatable bonds is 7. The lowest BCUT2D eigenvalue weighted by molar-refractivity contribution is -0.123. The van der Waals surface area contributed by atoms with Gasteiger partial charge in [-0.25, -0.2) is 4.98 Å². The molecule has 1 amide bonds. The Morgan fingerprint density at radius 1 is 1.30 bits per heavy atom. The van der Waals surface area contributed by atoms with Crippen molar-refractivity contribution in [1.29, 1.82) is 0 Å². The van der Waals surface area contributed by atoms with E-state index in [1.165, 1.54) is 0 Å². The van der Waals surface area contributed by atoms with E-state index in [9.17, 15) is 4.79 Å². The molecule has 1 unspecified atom stereocenters. The Hall–Kier alpha value is -1.88. The molecular formula is C18H24N2O2S. The van der Waals surface area contributed by atoms with E-state index in [2.05, 4.69) is 24.1 Å². The van der Waals surface area contributed by atoms with Crippen molar-refractivity contribution >= 4 is 17.2 Å². The third-order valence-electron chi connectivity index (χ3n) is 3.77. The van der Waals surface area contributed by atoms with Crippen LogP contribution in [0.5, 0.6) is 5.75 Å². The lowest BCUT2D eigenvalue weighted by atomic mass is 9.87. The molecule has 0 spiro atoms. The second kappa shape index (κ2) is 8.11. The molecule has 0 radical (unpaired) electrons. The van der Waals surface area contributed by atoms with Crippen molar-refractivity contribution in [3.05, 3.63) is 45.9 Å². The zero-order valence-electron chi connectivity index (χ0n) is 14.1. The summed E-state index contributed by atoms with van der Waals surface area (Å²) in [5.41, 5.74) is 2.06. The van der Waals surface area contributed by atoms with Crippen molar-refractivity contribution < 1.29 is 9.53 Å². The monoisotopic (exact) mass is 332 g/mol. The fraction of sp³-hybridized carbons (Fsp3) is 0.444. The first kappa shape index (κ1) is 17.5. The predicted molar refractivity (Wildman–Crippen MR) is 94.1 cm³/mol. The van der Waals surface area contributed by atoms with Gasteiger partial charge in [0.15, 0.2) is 0 Å². The number of hydrogen-bond donors (Lipinski definition) is 1. The third-order valence-corrected chi connectivity index (χ3v) is 4.59. The van der Waals surface area contributed by atoms with Gasteiger partial charge >= 0.3 is 0 Å². The van der Waals surface area contributed by atoms with Crippen LogP contribution in [0.3, 0.4) is 0 Å². The van der Waals surface area contributed by atoms with Crippen LogP contribution in [-0.2, 0) is 11.2 Å². The Morgan fingerprint density at radius 2 is 2.00 bits per heavy atom. The van der Waals surface area contributed by atoms with E-state index >= 15 is 0 Å². The number of amides is 1. The van der Waals surface area contributed by atoms with Crippen LogP contribution in [-0.4, -0.2) is 24.5 Å². The number of nitrogens with zero attached hydrogens (tertiary/aromatic N) is 1. The molecule has 0 bridgehead atoms. The predicted octanol–water partition coefficient (Wildman–Crippen LogP) is 3.56. The van der Waals surface area contributed by atoms with Crippen molar-refractivity contribution in [2.75, 3.05) is 13.7 Å². The highest BCUT2D eigenvalue weighted by molar-refractivity contribution is 7.09. The van der Waals surface area contributed by atoms with Crippen LogP contribution in [0.15, 0.2) is 29.6 Å². The summed E-state index contributed by atoms with van der Waals surface area (Å²) in [4.78, 5) is 17.0. The molecule has 0 saturated heterocycles. The van der Waals surface area contributed by atoms with Gasteiger partial charge in [0.2, 0.25) is 5.91 Å². The summed E-state index contributed by atoms with van der Waals surface area (Å²) >= 11 is 1.64. The molecule has 5 heteroatoms. The molecule has 1 atom stereocenters. The summed E-state index contributed by atoms with van der Waals surface area (Å²) in [6, 6.07) is 7.73. The minimum atomic E-state index is -0.155. The van der Waals surface area contributed by atoms with Gasteiger partial charge in [-0.2, -0.15) is 0 Å². The summed E-state index contributed by atoms with van der Waals surface area (Å²) < 4.78 is 5.18. The zero-order chi connectivity index (χ0) is 16.8. The number of hydrogen-bond acceptors (Lipinski definition) is 4. The Bertz CT molecular complexity index is 635. The summed E-state index contributed by atoms with van der Waals surface area (Å²) in [7, 11) is 1.64. The van der Waals surface area contributed by atoms with Gasteiger partial charge in [-0.05, 0) is 30.5 Å². The summed E-state index contributed by atoms with van der Waals surface area (Å²) in [5.74, 6) is 0.940. The number of nitrogens with one attached hydrogen (secondary N) is 1. The quantitative estimate of drug-likeness (QED) is 0.843. The maximum atomic E-state index is 12.6. The van der Waals surface area contributed by atoms with E-state index in [4.69, 9.17) is 4.74 Å². The van der Waals surface area contributed by atoms with Crippen LogP contribution in [0.2, 0.25) is 0 Å². The summed E-state index contributed by atoms with van der Waals surface area (Å²) in [5, 5.41) is 6.15. The van der Waals surface area contributed by atoms with Crippen LogP contribution in [0.1, 0.15) is 36.0 Å². The van der Waals surface area contributed by atoms with Gasteiger partial charge in [0.05, 0.1) is 23.7 Å². The van der Waals surface area contributed by atoms with Gasteiger partial charge in [-0.15, -0.1) is 11.3 Å². The van der Waals surface area contributed by atoms with Gasteiger partial charge in [-0.1, -0.05) is 26.0 Å². The van der Waals surface area contributed by atoms with Crippen LogP contribution in [0, 0.1) is 12.8 Å². The van der Waals surface area contributed by atoms with Crippen molar-refractivity contribution in [1.82, 2.24) is 10.3 Å². The van der Waals surface area contributed by atoms with Crippen LogP contribution >= 0.6 is 11.3 Å². The topological polar surface area (TPSA) is 51.2 Å². The van der Waals surface area contributed by atoms with E-state index in [1.807, 2.05) is 36.6 Å². The molecule has 1 aromatic heterocycles. The number of methoxy groups -OCH3 is 1. The standard InChI is InChI=1S/C18H24N2O2S/c1-12(2)17(14-5-7-16(22-4)8-6-14)18(21)19-10-9-15-11-23-13(3)20-15/h5-8,11-12,17H,9-10H2,1-4H3,(H,19,21). The molecule has 2 rings (SSSR count). The zero-order valence-corrected chi connectivity index (χ0v) is 14.9. The molecule has 124 valence electrons. The smallest absolute Gasteiger partial charge is 0.227 e. The molecule has 4 nitrogen and oxygen atoms in total. The van der Waals surface area contributed by atoms with Crippen molar-refractivity contribution in [2.24, 2.45) is 5.92 Å². The maximum Gasteiger partial charge on any atom is 0.227 e. The second-order valence-corrected chi connectivity index (χ2v) is 6.96. The van der Waals surface area contributed by atoms with E-state index < -0.39 is 0 Å². The average Bonchev–Trinajstić information content (AvgIpc) is 2.93. The molecule has 23 heavy (non-hydrogen) atoms. The van der Waals surface area contributed by atoms with Gasteiger partial charge in [0, 0.05) is 18.3 Å². The van der Waals surface area contributed by atoms with Gasteiger partial charge in [0.1, 0.15) is 5.75 Å². The first-order valence-corrected chi connectivity index (χ1v) is 8.72. The van der Waals surface area contributed by atoms with E-state index in [0.29, 0.717) is 6.54 Å². The molecule has 0 aliphatic rings. The van der Waals surface area contributed by atoms with E-state index in [-0.39, 0.29) is 17.7 Å². The Kier molecular flexibility index (Phi) is 6.16. The number of benzene rings is 1.